The van der Waals surface area contributed by atoms with Gasteiger partial charge in [0, 0.05) is 6.42 Å². The molecule has 0 fully saturated rings. The molecule has 12 heteroatoms. The minimum Gasteiger partial charge on any atom is -0.481 e. The SMILES string of the molecule is CC(C)CC(N)C(=O)NC(CCC(=O)O)C(=O)NC(CCCCN)C(=O)NC(C)C(=O)O. The predicted molar refractivity (Wildman–Crippen MR) is 116 cm³/mol. The summed E-state index contributed by atoms with van der Waals surface area (Å²) in [6.07, 6.45) is 1.03. The highest BCUT2D eigenvalue weighted by molar-refractivity contribution is 5.94. The van der Waals surface area contributed by atoms with Crippen molar-refractivity contribution in [3.63, 3.8) is 0 Å². The Bertz CT molecular complexity index is 656. The maximum atomic E-state index is 12.8. The Morgan fingerprint density at radius 3 is 1.84 bits per heavy atom. The van der Waals surface area contributed by atoms with Crippen molar-refractivity contribution in [1.29, 1.82) is 0 Å². The molecule has 0 aliphatic rings. The molecule has 0 bridgehead atoms. The van der Waals surface area contributed by atoms with E-state index < -0.39 is 60.2 Å². The zero-order valence-corrected chi connectivity index (χ0v) is 18.9. The molecule has 9 N–H and O–H groups in total. The first kappa shape index (κ1) is 29.3. The van der Waals surface area contributed by atoms with E-state index in [1.54, 1.807) is 0 Å². The van der Waals surface area contributed by atoms with Crippen molar-refractivity contribution in [2.24, 2.45) is 17.4 Å². The Balaban J connectivity index is 5.39. The van der Waals surface area contributed by atoms with E-state index in [0.717, 1.165) is 0 Å². The summed E-state index contributed by atoms with van der Waals surface area (Å²) in [4.78, 5) is 59.7. The highest BCUT2D eigenvalue weighted by Gasteiger charge is 2.29. The molecular weight excluding hydrogens is 422 g/mol. The Hall–Kier alpha value is -2.73. The second-order valence-electron chi connectivity index (χ2n) is 8.14. The van der Waals surface area contributed by atoms with Gasteiger partial charge in [-0.3, -0.25) is 24.0 Å². The fourth-order valence-corrected chi connectivity index (χ4v) is 2.84. The number of carboxylic acids is 2. The van der Waals surface area contributed by atoms with E-state index in [-0.39, 0.29) is 18.8 Å². The second kappa shape index (κ2) is 15.1. The van der Waals surface area contributed by atoms with Crippen LogP contribution >= 0.6 is 0 Å². The summed E-state index contributed by atoms with van der Waals surface area (Å²) in [5.41, 5.74) is 11.3. The van der Waals surface area contributed by atoms with Crippen LogP contribution in [0.25, 0.3) is 0 Å². The number of carbonyl (C=O) groups excluding carboxylic acids is 3. The van der Waals surface area contributed by atoms with E-state index >= 15 is 0 Å². The summed E-state index contributed by atoms with van der Waals surface area (Å²) < 4.78 is 0. The van der Waals surface area contributed by atoms with Gasteiger partial charge in [-0.25, -0.2) is 0 Å². The molecule has 184 valence electrons. The van der Waals surface area contributed by atoms with Gasteiger partial charge in [0.1, 0.15) is 18.1 Å². The monoisotopic (exact) mass is 459 g/mol. The molecule has 0 aliphatic carbocycles. The van der Waals surface area contributed by atoms with Crippen molar-refractivity contribution >= 4 is 29.7 Å². The normalized spacial score (nSPS) is 14.7. The molecule has 0 rings (SSSR count). The molecule has 0 aliphatic heterocycles. The fourth-order valence-electron chi connectivity index (χ4n) is 2.84. The Morgan fingerprint density at radius 1 is 0.812 bits per heavy atom. The summed E-state index contributed by atoms with van der Waals surface area (Å²) in [6, 6.07) is -4.36. The first-order valence-electron chi connectivity index (χ1n) is 10.7. The lowest BCUT2D eigenvalue weighted by Gasteiger charge is -2.25. The number of carbonyl (C=O) groups is 5. The quantitative estimate of drug-likeness (QED) is 0.139. The molecule has 0 saturated heterocycles. The van der Waals surface area contributed by atoms with Crippen LogP contribution in [0.1, 0.15) is 59.3 Å². The predicted octanol–water partition coefficient (Wildman–Crippen LogP) is -1.09. The van der Waals surface area contributed by atoms with E-state index in [1.165, 1.54) is 6.92 Å². The summed E-state index contributed by atoms with van der Waals surface area (Å²) in [6.45, 7) is 5.42. The van der Waals surface area contributed by atoms with Crippen molar-refractivity contribution in [2.45, 2.75) is 83.5 Å². The zero-order chi connectivity index (χ0) is 24.8. The minimum absolute atomic E-state index is 0.133. The van der Waals surface area contributed by atoms with Crippen molar-refractivity contribution < 1.29 is 34.2 Å². The van der Waals surface area contributed by atoms with Gasteiger partial charge in [0.15, 0.2) is 0 Å². The molecule has 3 amide bonds. The molecule has 12 nitrogen and oxygen atoms in total. The van der Waals surface area contributed by atoms with Gasteiger partial charge in [-0.05, 0) is 51.5 Å². The van der Waals surface area contributed by atoms with Crippen molar-refractivity contribution in [3.8, 4) is 0 Å². The number of hydrogen-bond donors (Lipinski definition) is 7. The van der Waals surface area contributed by atoms with Gasteiger partial charge in [-0.1, -0.05) is 13.8 Å². The van der Waals surface area contributed by atoms with Crippen molar-refractivity contribution in [3.05, 3.63) is 0 Å². The lowest BCUT2D eigenvalue weighted by molar-refractivity contribution is -0.141. The Labute approximate surface area is 187 Å². The van der Waals surface area contributed by atoms with Gasteiger partial charge in [-0.2, -0.15) is 0 Å². The summed E-state index contributed by atoms with van der Waals surface area (Å²) >= 11 is 0. The van der Waals surface area contributed by atoms with Gasteiger partial charge >= 0.3 is 11.9 Å². The van der Waals surface area contributed by atoms with Gasteiger partial charge in [0.05, 0.1) is 6.04 Å². The van der Waals surface area contributed by atoms with Crippen LogP contribution in [0.4, 0.5) is 0 Å². The highest BCUT2D eigenvalue weighted by atomic mass is 16.4. The zero-order valence-electron chi connectivity index (χ0n) is 18.9. The van der Waals surface area contributed by atoms with Crippen LogP contribution < -0.4 is 27.4 Å². The molecular formula is C20H37N5O7. The minimum atomic E-state index is -1.24. The van der Waals surface area contributed by atoms with Crippen molar-refractivity contribution in [1.82, 2.24) is 16.0 Å². The lowest BCUT2D eigenvalue weighted by Crippen LogP contribution is -2.57. The van der Waals surface area contributed by atoms with Crippen LogP contribution in [0.2, 0.25) is 0 Å². The smallest absolute Gasteiger partial charge is 0.325 e. The largest absolute Gasteiger partial charge is 0.481 e. The average molecular weight is 460 g/mol. The van der Waals surface area contributed by atoms with E-state index in [4.69, 9.17) is 21.7 Å². The third-order valence-corrected chi connectivity index (χ3v) is 4.65. The standard InChI is InChI=1S/C20H37N5O7/c1-11(2)10-13(22)17(28)24-15(7-8-16(26)27)19(30)25-14(6-4-5-9-21)18(29)23-12(3)20(31)32/h11-15H,4-10,21-22H2,1-3H3,(H,23,29)(H,24,28)(H,25,30)(H,26,27)(H,31,32). The maximum absolute atomic E-state index is 12.8. The first-order valence-corrected chi connectivity index (χ1v) is 10.7. The molecule has 0 spiro atoms. The molecule has 0 aromatic carbocycles. The molecule has 0 aromatic heterocycles. The van der Waals surface area contributed by atoms with Crippen LogP contribution in [0.3, 0.4) is 0 Å². The third kappa shape index (κ3) is 12.2. The molecule has 0 aromatic rings. The number of amides is 3. The van der Waals surface area contributed by atoms with Crippen molar-refractivity contribution in [2.75, 3.05) is 6.54 Å². The molecule has 0 heterocycles. The van der Waals surface area contributed by atoms with Crippen LogP contribution in [-0.4, -0.2) is 70.6 Å². The van der Waals surface area contributed by atoms with Crippen LogP contribution in [0.15, 0.2) is 0 Å². The summed E-state index contributed by atoms with van der Waals surface area (Å²) in [7, 11) is 0. The molecule has 32 heavy (non-hydrogen) atoms. The fraction of sp³-hybridized carbons (Fsp3) is 0.750. The van der Waals surface area contributed by atoms with Crippen LogP contribution in [0.5, 0.6) is 0 Å². The van der Waals surface area contributed by atoms with E-state index in [0.29, 0.717) is 25.8 Å². The second-order valence-corrected chi connectivity index (χ2v) is 8.14. The maximum Gasteiger partial charge on any atom is 0.325 e. The first-order chi connectivity index (χ1) is 14.9. The highest BCUT2D eigenvalue weighted by Crippen LogP contribution is 2.07. The molecule has 4 unspecified atom stereocenters. The third-order valence-electron chi connectivity index (χ3n) is 4.65. The van der Waals surface area contributed by atoms with Crippen LogP contribution in [0, 0.1) is 5.92 Å². The topological polar surface area (TPSA) is 214 Å². The number of aliphatic carboxylic acids is 2. The molecule has 0 saturated carbocycles. The number of nitrogens with one attached hydrogen (secondary N) is 3. The molecule has 0 radical (unpaired) electrons. The van der Waals surface area contributed by atoms with Gasteiger partial charge in [-0.15, -0.1) is 0 Å². The van der Waals surface area contributed by atoms with Gasteiger partial charge in [0.25, 0.3) is 0 Å². The van der Waals surface area contributed by atoms with E-state index in [9.17, 15) is 24.0 Å². The van der Waals surface area contributed by atoms with Gasteiger partial charge < -0.3 is 37.6 Å². The summed E-state index contributed by atoms with van der Waals surface area (Å²) in [5, 5.41) is 25.2. The number of carboxylic acid groups (broad SMARTS) is 2. The number of nitrogens with two attached hydrogens (primary N) is 2. The Morgan fingerprint density at radius 2 is 1.34 bits per heavy atom. The Kier molecular flexibility index (Phi) is 13.8. The number of hydrogen-bond acceptors (Lipinski definition) is 7. The van der Waals surface area contributed by atoms with Crippen LogP contribution in [-0.2, 0) is 24.0 Å². The van der Waals surface area contributed by atoms with E-state index in [1.807, 2.05) is 13.8 Å². The lowest BCUT2D eigenvalue weighted by atomic mass is 10.0. The summed E-state index contributed by atoms with van der Waals surface area (Å²) in [5.74, 6) is -4.33. The van der Waals surface area contributed by atoms with Gasteiger partial charge in [0.2, 0.25) is 17.7 Å². The average Bonchev–Trinajstić information content (AvgIpc) is 2.69. The number of unbranched alkanes of at least 4 members (excludes halogenated alkanes) is 1. The van der Waals surface area contributed by atoms with E-state index in [2.05, 4.69) is 16.0 Å². The molecule has 4 atom stereocenters. The number of rotatable bonds is 16.